The van der Waals surface area contributed by atoms with Gasteiger partial charge in [0.2, 0.25) is 0 Å². The molecule has 1 aliphatic heterocycles. The zero-order chi connectivity index (χ0) is 14.3. The first-order chi connectivity index (χ1) is 8.97. The lowest BCUT2D eigenvalue weighted by atomic mass is 9.97. The Morgan fingerprint density at radius 3 is 2.58 bits per heavy atom. The van der Waals surface area contributed by atoms with Crippen LogP contribution < -0.4 is 5.32 Å². The number of rotatable bonds is 7. The Bertz CT molecular complexity index is 243. The summed E-state index contributed by atoms with van der Waals surface area (Å²) in [5.74, 6) is -1.13. The lowest BCUT2D eigenvalue weighted by molar-refractivity contribution is -0.186. The molecule has 0 aromatic carbocycles. The van der Waals surface area contributed by atoms with Crippen molar-refractivity contribution in [2.75, 3.05) is 26.2 Å². The SMILES string of the molecule is CCCNC(CCC)CN1CCCC(C(F)(F)F)C1. The molecule has 0 radical (unpaired) electrons. The molecule has 0 amide bonds. The summed E-state index contributed by atoms with van der Waals surface area (Å²) in [6, 6.07) is 0.330. The second kappa shape index (κ2) is 8.10. The van der Waals surface area contributed by atoms with Gasteiger partial charge < -0.3 is 10.2 Å². The summed E-state index contributed by atoms with van der Waals surface area (Å²) in [5.41, 5.74) is 0. The highest BCUT2D eigenvalue weighted by molar-refractivity contribution is 4.81. The van der Waals surface area contributed by atoms with E-state index < -0.39 is 12.1 Å². The molecule has 0 aliphatic carbocycles. The summed E-state index contributed by atoms with van der Waals surface area (Å²) in [7, 11) is 0. The van der Waals surface area contributed by atoms with Gasteiger partial charge in [-0.2, -0.15) is 13.2 Å². The van der Waals surface area contributed by atoms with Crippen molar-refractivity contribution < 1.29 is 13.2 Å². The third-order valence-electron chi connectivity index (χ3n) is 3.77. The second-order valence-corrected chi connectivity index (χ2v) is 5.58. The van der Waals surface area contributed by atoms with Crippen molar-refractivity contribution in [3.8, 4) is 0 Å². The van der Waals surface area contributed by atoms with E-state index in [1.165, 1.54) is 0 Å². The lowest BCUT2D eigenvalue weighted by Crippen LogP contribution is -2.47. The number of likely N-dealkylation sites (tertiary alicyclic amines) is 1. The van der Waals surface area contributed by atoms with Crippen molar-refractivity contribution in [3.05, 3.63) is 0 Å². The first kappa shape index (κ1) is 16.8. The van der Waals surface area contributed by atoms with Crippen LogP contribution in [-0.4, -0.2) is 43.3 Å². The lowest BCUT2D eigenvalue weighted by Gasteiger charge is -2.36. The quantitative estimate of drug-likeness (QED) is 0.768. The highest BCUT2D eigenvalue weighted by Crippen LogP contribution is 2.33. The van der Waals surface area contributed by atoms with Crippen LogP contribution in [0.3, 0.4) is 0 Å². The minimum absolute atomic E-state index is 0.178. The predicted octanol–water partition coefficient (Wildman–Crippen LogP) is 3.43. The number of piperidine rings is 1. The Morgan fingerprint density at radius 1 is 1.26 bits per heavy atom. The van der Waals surface area contributed by atoms with E-state index >= 15 is 0 Å². The van der Waals surface area contributed by atoms with Gasteiger partial charge in [-0.05, 0) is 38.8 Å². The largest absolute Gasteiger partial charge is 0.393 e. The molecule has 2 atom stereocenters. The molecule has 5 heteroatoms. The van der Waals surface area contributed by atoms with E-state index in [0.717, 1.165) is 38.9 Å². The number of nitrogens with one attached hydrogen (secondary N) is 1. The molecule has 1 rings (SSSR count). The van der Waals surface area contributed by atoms with Gasteiger partial charge in [-0.25, -0.2) is 0 Å². The fraction of sp³-hybridized carbons (Fsp3) is 1.00. The van der Waals surface area contributed by atoms with E-state index in [-0.39, 0.29) is 6.54 Å². The smallest absolute Gasteiger partial charge is 0.313 e. The fourth-order valence-corrected chi connectivity index (χ4v) is 2.76. The van der Waals surface area contributed by atoms with Crippen molar-refractivity contribution in [2.24, 2.45) is 5.92 Å². The van der Waals surface area contributed by atoms with Gasteiger partial charge in [0.15, 0.2) is 0 Å². The molecular formula is C14H27F3N2. The van der Waals surface area contributed by atoms with Gasteiger partial charge in [-0.1, -0.05) is 20.3 Å². The summed E-state index contributed by atoms with van der Waals surface area (Å²) < 4.78 is 38.3. The van der Waals surface area contributed by atoms with Crippen LogP contribution in [0, 0.1) is 5.92 Å². The monoisotopic (exact) mass is 280 g/mol. The van der Waals surface area contributed by atoms with E-state index in [1.807, 2.05) is 4.90 Å². The highest BCUT2D eigenvalue weighted by atomic mass is 19.4. The van der Waals surface area contributed by atoms with Crippen LogP contribution in [0.2, 0.25) is 0 Å². The van der Waals surface area contributed by atoms with Crippen molar-refractivity contribution in [2.45, 2.75) is 58.2 Å². The second-order valence-electron chi connectivity index (χ2n) is 5.58. The van der Waals surface area contributed by atoms with Gasteiger partial charge in [-0.3, -0.25) is 0 Å². The Labute approximate surface area is 114 Å². The maximum Gasteiger partial charge on any atom is 0.393 e. The highest BCUT2D eigenvalue weighted by Gasteiger charge is 2.41. The molecule has 2 unspecified atom stereocenters. The zero-order valence-corrected chi connectivity index (χ0v) is 12.1. The Morgan fingerprint density at radius 2 is 2.00 bits per heavy atom. The summed E-state index contributed by atoms with van der Waals surface area (Å²) in [5, 5.41) is 3.45. The third kappa shape index (κ3) is 6.13. The van der Waals surface area contributed by atoms with Crippen LogP contribution in [0.1, 0.15) is 46.0 Å². The van der Waals surface area contributed by atoms with E-state index in [1.54, 1.807) is 0 Å². The van der Waals surface area contributed by atoms with Gasteiger partial charge >= 0.3 is 6.18 Å². The third-order valence-corrected chi connectivity index (χ3v) is 3.77. The molecule has 1 saturated heterocycles. The molecule has 0 bridgehead atoms. The van der Waals surface area contributed by atoms with Crippen molar-refractivity contribution in [1.82, 2.24) is 10.2 Å². The topological polar surface area (TPSA) is 15.3 Å². The molecule has 0 saturated carbocycles. The fourth-order valence-electron chi connectivity index (χ4n) is 2.76. The Kier molecular flexibility index (Phi) is 7.15. The first-order valence-corrected chi connectivity index (χ1v) is 7.49. The molecular weight excluding hydrogens is 253 g/mol. The first-order valence-electron chi connectivity index (χ1n) is 7.49. The van der Waals surface area contributed by atoms with Gasteiger partial charge in [0.1, 0.15) is 0 Å². The average Bonchev–Trinajstić information content (AvgIpc) is 2.35. The predicted molar refractivity (Wildman–Crippen MR) is 72.2 cm³/mol. The van der Waals surface area contributed by atoms with Crippen LogP contribution in [0.5, 0.6) is 0 Å². The molecule has 114 valence electrons. The summed E-state index contributed by atoms with van der Waals surface area (Å²) in [6.45, 7) is 6.91. The molecule has 1 N–H and O–H groups in total. The van der Waals surface area contributed by atoms with E-state index in [2.05, 4.69) is 19.2 Å². The molecule has 19 heavy (non-hydrogen) atoms. The van der Waals surface area contributed by atoms with Gasteiger partial charge in [0, 0.05) is 19.1 Å². The standard InChI is InChI=1S/C14H27F3N2/c1-3-6-13(18-8-4-2)11-19-9-5-7-12(10-19)14(15,16)17/h12-13,18H,3-11H2,1-2H3. The normalized spacial score (nSPS) is 23.5. The van der Waals surface area contributed by atoms with Crippen LogP contribution in [-0.2, 0) is 0 Å². The molecule has 2 nitrogen and oxygen atoms in total. The molecule has 1 aliphatic rings. The average molecular weight is 280 g/mol. The summed E-state index contributed by atoms with van der Waals surface area (Å²) in [6.07, 6.45) is 0.0872. The van der Waals surface area contributed by atoms with Gasteiger partial charge in [-0.15, -0.1) is 0 Å². The minimum atomic E-state index is -4.03. The molecule has 1 heterocycles. The number of halogens is 3. The van der Waals surface area contributed by atoms with Crippen molar-refractivity contribution in [3.63, 3.8) is 0 Å². The van der Waals surface area contributed by atoms with Crippen LogP contribution in [0.25, 0.3) is 0 Å². The number of hydrogen-bond acceptors (Lipinski definition) is 2. The number of nitrogens with zero attached hydrogens (tertiary/aromatic N) is 1. The van der Waals surface area contributed by atoms with Gasteiger partial charge in [0.05, 0.1) is 5.92 Å². The Balaban J connectivity index is 2.44. The van der Waals surface area contributed by atoms with Crippen LogP contribution in [0.15, 0.2) is 0 Å². The molecule has 0 aromatic heterocycles. The van der Waals surface area contributed by atoms with Crippen molar-refractivity contribution >= 4 is 0 Å². The number of hydrogen-bond donors (Lipinski definition) is 1. The molecule has 0 spiro atoms. The van der Waals surface area contributed by atoms with E-state index in [0.29, 0.717) is 18.9 Å². The maximum atomic E-state index is 12.8. The molecule has 1 fully saturated rings. The molecule has 0 aromatic rings. The van der Waals surface area contributed by atoms with Crippen LogP contribution >= 0.6 is 0 Å². The summed E-state index contributed by atoms with van der Waals surface area (Å²) >= 11 is 0. The van der Waals surface area contributed by atoms with E-state index in [4.69, 9.17) is 0 Å². The minimum Gasteiger partial charge on any atom is -0.313 e. The van der Waals surface area contributed by atoms with E-state index in [9.17, 15) is 13.2 Å². The summed E-state index contributed by atoms with van der Waals surface area (Å²) in [4.78, 5) is 1.99. The van der Waals surface area contributed by atoms with Crippen LogP contribution in [0.4, 0.5) is 13.2 Å². The van der Waals surface area contributed by atoms with Crippen molar-refractivity contribution in [1.29, 1.82) is 0 Å². The van der Waals surface area contributed by atoms with Gasteiger partial charge in [0.25, 0.3) is 0 Å². The zero-order valence-electron chi connectivity index (χ0n) is 12.1. The maximum absolute atomic E-state index is 12.8. The number of alkyl halides is 3. The Hall–Kier alpha value is -0.290.